The first-order chi connectivity index (χ1) is 6.13. The molecular formula is C10H8F2O. The SMILES string of the molecule is O=Cc1ccc2c(c1)C(F)(F)CC2. The second kappa shape index (κ2) is 2.62. The first kappa shape index (κ1) is 8.35. The van der Waals surface area contributed by atoms with Gasteiger partial charge in [-0.1, -0.05) is 12.1 Å². The fourth-order valence-electron chi connectivity index (χ4n) is 1.65. The maximum Gasteiger partial charge on any atom is 0.273 e. The lowest BCUT2D eigenvalue weighted by molar-refractivity contribution is -0.00185. The molecule has 0 amide bonds. The Labute approximate surface area is 74.4 Å². The van der Waals surface area contributed by atoms with Crippen molar-refractivity contribution < 1.29 is 13.6 Å². The molecule has 0 unspecified atom stereocenters. The van der Waals surface area contributed by atoms with Crippen molar-refractivity contribution in [3.63, 3.8) is 0 Å². The van der Waals surface area contributed by atoms with Crippen molar-refractivity contribution in [2.45, 2.75) is 18.8 Å². The molecule has 68 valence electrons. The number of aldehydes is 1. The van der Waals surface area contributed by atoms with Gasteiger partial charge in [0.05, 0.1) is 0 Å². The number of carbonyl (C=O) groups is 1. The number of halogens is 2. The van der Waals surface area contributed by atoms with Crippen molar-refractivity contribution in [2.24, 2.45) is 0 Å². The Bertz CT molecular complexity index is 358. The van der Waals surface area contributed by atoms with Crippen LogP contribution >= 0.6 is 0 Å². The number of hydrogen-bond donors (Lipinski definition) is 0. The van der Waals surface area contributed by atoms with Crippen LogP contribution in [0, 0.1) is 0 Å². The van der Waals surface area contributed by atoms with Gasteiger partial charge in [0.1, 0.15) is 6.29 Å². The first-order valence-corrected chi connectivity index (χ1v) is 4.10. The summed E-state index contributed by atoms with van der Waals surface area (Å²) in [5.74, 6) is -2.74. The fourth-order valence-corrected chi connectivity index (χ4v) is 1.65. The number of benzene rings is 1. The Balaban J connectivity index is 2.55. The van der Waals surface area contributed by atoms with Crippen LogP contribution in [0.25, 0.3) is 0 Å². The van der Waals surface area contributed by atoms with E-state index in [4.69, 9.17) is 0 Å². The number of rotatable bonds is 1. The van der Waals surface area contributed by atoms with Gasteiger partial charge < -0.3 is 0 Å². The molecule has 0 saturated heterocycles. The van der Waals surface area contributed by atoms with Gasteiger partial charge >= 0.3 is 0 Å². The largest absolute Gasteiger partial charge is 0.298 e. The molecule has 1 nitrogen and oxygen atoms in total. The predicted octanol–water partition coefficient (Wildman–Crippen LogP) is 2.54. The Morgan fingerprint density at radius 1 is 1.38 bits per heavy atom. The lowest BCUT2D eigenvalue weighted by Gasteiger charge is -2.09. The van der Waals surface area contributed by atoms with Crippen LogP contribution in [0.3, 0.4) is 0 Å². The summed E-state index contributed by atoms with van der Waals surface area (Å²) in [7, 11) is 0. The van der Waals surface area contributed by atoms with Crippen molar-refractivity contribution >= 4 is 6.29 Å². The maximum absolute atomic E-state index is 13.1. The minimum absolute atomic E-state index is 0.0251. The number of alkyl halides is 2. The standard InChI is InChI=1S/C10H8F2O/c11-10(12)4-3-8-2-1-7(6-13)5-9(8)10/h1-2,5-6H,3-4H2. The van der Waals surface area contributed by atoms with E-state index in [-0.39, 0.29) is 12.0 Å². The van der Waals surface area contributed by atoms with Gasteiger partial charge in [0.15, 0.2) is 0 Å². The van der Waals surface area contributed by atoms with Crippen molar-refractivity contribution in [1.82, 2.24) is 0 Å². The molecule has 13 heavy (non-hydrogen) atoms. The third-order valence-corrected chi connectivity index (χ3v) is 2.37. The van der Waals surface area contributed by atoms with Crippen LogP contribution in [0.1, 0.15) is 27.9 Å². The van der Waals surface area contributed by atoms with Crippen molar-refractivity contribution in [1.29, 1.82) is 0 Å². The fraction of sp³-hybridized carbons (Fsp3) is 0.300. The van der Waals surface area contributed by atoms with E-state index in [2.05, 4.69) is 0 Å². The zero-order chi connectivity index (χ0) is 9.47. The zero-order valence-electron chi connectivity index (χ0n) is 6.89. The molecule has 0 heterocycles. The van der Waals surface area contributed by atoms with Crippen molar-refractivity contribution in [3.8, 4) is 0 Å². The van der Waals surface area contributed by atoms with Gasteiger partial charge in [-0.25, -0.2) is 8.78 Å². The summed E-state index contributed by atoms with van der Waals surface area (Å²) < 4.78 is 26.3. The Hall–Kier alpha value is -1.25. The van der Waals surface area contributed by atoms with Crippen LogP contribution < -0.4 is 0 Å². The minimum atomic E-state index is -2.74. The second-order valence-corrected chi connectivity index (χ2v) is 3.24. The Kier molecular flexibility index (Phi) is 1.68. The number of fused-ring (bicyclic) bond motifs is 1. The molecule has 0 atom stereocenters. The molecule has 1 aliphatic carbocycles. The maximum atomic E-state index is 13.1. The molecular weight excluding hydrogens is 174 g/mol. The van der Waals surface area contributed by atoms with E-state index in [1.807, 2.05) is 0 Å². The second-order valence-electron chi connectivity index (χ2n) is 3.24. The number of hydrogen-bond acceptors (Lipinski definition) is 1. The Morgan fingerprint density at radius 2 is 2.15 bits per heavy atom. The topological polar surface area (TPSA) is 17.1 Å². The summed E-state index contributed by atoms with van der Waals surface area (Å²) in [6.07, 6.45) is 0.862. The smallest absolute Gasteiger partial charge is 0.273 e. The molecule has 1 aromatic carbocycles. The van der Waals surface area contributed by atoms with Gasteiger partial charge in [0.2, 0.25) is 0 Å². The molecule has 3 heteroatoms. The molecule has 0 N–H and O–H groups in total. The van der Waals surface area contributed by atoms with E-state index in [1.54, 1.807) is 12.1 Å². The molecule has 0 saturated carbocycles. The highest BCUT2D eigenvalue weighted by Gasteiger charge is 2.38. The first-order valence-electron chi connectivity index (χ1n) is 4.10. The number of aryl methyl sites for hydroxylation is 1. The normalized spacial score (nSPS) is 18.3. The summed E-state index contributed by atoms with van der Waals surface area (Å²) in [5.41, 5.74) is 1.01. The molecule has 0 aromatic heterocycles. The average Bonchev–Trinajstić information content (AvgIpc) is 2.42. The molecule has 2 rings (SSSR count). The highest BCUT2D eigenvalue weighted by Crippen LogP contribution is 2.41. The molecule has 0 bridgehead atoms. The quantitative estimate of drug-likeness (QED) is 0.610. The summed E-state index contributed by atoms with van der Waals surface area (Å²) >= 11 is 0. The van der Waals surface area contributed by atoms with Crippen LogP contribution in [0.15, 0.2) is 18.2 Å². The number of carbonyl (C=O) groups excluding carboxylic acids is 1. The monoisotopic (exact) mass is 182 g/mol. The van der Waals surface area contributed by atoms with Crippen LogP contribution in [0.2, 0.25) is 0 Å². The van der Waals surface area contributed by atoms with E-state index < -0.39 is 5.92 Å². The van der Waals surface area contributed by atoms with Gasteiger partial charge in [0, 0.05) is 17.5 Å². The third kappa shape index (κ3) is 1.24. The van der Waals surface area contributed by atoms with Crippen LogP contribution in [0.4, 0.5) is 8.78 Å². The highest BCUT2D eigenvalue weighted by atomic mass is 19.3. The average molecular weight is 182 g/mol. The van der Waals surface area contributed by atoms with Gasteiger partial charge in [-0.2, -0.15) is 0 Å². The molecule has 1 aliphatic rings. The molecule has 0 aliphatic heterocycles. The molecule has 0 fully saturated rings. The summed E-state index contributed by atoms with van der Waals surface area (Å²) in [6, 6.07) is 4.47. The molecule has 1 aromatic rings. The summed E-state index contributed by atoms with van der Waals surface area (Å²) in [4.78, 5) is 10.4. The molecule has 0 radical (unpaired) electrons. The zero-order valence-corrected chi connectivity index (χ0v) is 6.89. The van der Waals surface area contributed by atoms with Gasteiger partial charge in [0.25, 0.3) is 5.92 Å². The van der Waals surface area contributed by atoms with Crippen LogP contribution in [-0.2, 0) is 12.3 Å². The van der Waals surface area contributed by atoms with E-state index in [0.717, 1.165) is 0 Å². The highest BCUT2D eigenvalue weighted by molar-refractivity contribution is 5.75. The van der Waals surface area contributed by atoms with Crippen molar-refractivity contribution in [3.05, 3.63) is 34.9 Å². The van der Waals surface area contributed by atoms with E-state index in [1.165, 1.54) is 6.07 Å². The minimum Gasteiger partial charge on any atom is -0.298 e. The van der Waals surface area contributed by atoms with E-state index in [0.29, 0.717) is 23.8 Å². The van der Waals surface area contributed by atoms with Crippen LogP contribution in [-0.4, -0.2) is 6.29 Å². The summed E-state index contributed by atoms with van der Waals surface area (Å²) in [6.45, 7) is 0. The van der Waals surface area contributed by atoms with Crippen molar-refractivity contribution in [2.75, 3.05) is 0 Å². The van der Waals surface area contributed by atoms with Gasteiger partial charge in [-0.3, -0.25) is 4.79 Å². The summed E-state index contributed by atoms with van der Waals surface area (Å²) in [5, 5.41) is 0. The van der Waals surface area contributed by atoms with E-state index in [9.17, 15) is 13.6 Å². The van der Waals surface area contributed by atoms with Crippen LogP contribution in [0.5, 0.6) is 0 Å². The van der Waals surface area contributed by atoms with Gasteiger partial charge in [-0.15, -0.1) is 0 Å². The lowest BCUT2D eigenvalue weighted by Crippen LogP contribution is -2.07. The lowest BCUT2D eigenvalue weighted by atomic mass is 10.1. The molecule has 0 spiro atoms. The van der Waals surface area contributed by atoms with E-state index >= 15 is 0 Å². The predicted molar refractivity (Wildman–Crippen MR) is 44.0 cm³/mol. The third-order valence-electron chi connectivity index (χ3n) is 2.37. The van der Waals surface area contributed by atoms with Gasteiger partial charge in [-0.05, 0) is 18.1 Å². The Morgan fingerprint density at radius 3 is 2.85 bits per heavy atom.